The minimum Gasteiger partial charge on any atom is -0.493 e. The van der Waals surface area contributed by atoms with Crippen molar-refractivity contribution in [3.63, 3.8) is 0 Å². The number of hydrogen-bond donors (Lipinski definition) is 0. The van der Waals surface area contributed by atoms with Gasteiger partial charge >= 0.3 is 0 Å². The molecule has 1 aliphatic rings. The van der Waals surface area contributed by atoms with Crippen LogP contribution in [0, 0.1) is 0 Å². The number of nitrogens with zero attached hydrogens (tertiary/aromatic N) is 2. The molecule has 0 radical (unpaired) electrons. The van der Waals surface area contributed by atoms with Gasteiger partial charge in [0.15, 0.2) is 5.78 Å². The molecule has 0 amide bonds. The number of carbonyl (C=O) groups is 1. The van der Waals surface area contributed by atoms with Gasteiger partial charge in [0.1, 0.15) is 6.10 Å². The highest BCUT2D eigenvalue weighted by Gasteiger charge is 2.29. The van der Waals surface area contributed by atoms with Crippen LogP contribution in [-0.4, -0.2) is 15.6 Å². The SMILES string of the molecule is Cn1cc(C2CC(=O)C=CO2)c(C(C)(C)C)n1. The molecule has 2 rings (SSSR count). The van der Waals surface area contributed by atoms with Gasteiger partial charge in [-0.25, -0.2) is 0 Å². The summed E-state index contributed by atoms with van der Waals surface area (Å²) in [6.07, 6.45) is 5.10. The molecule has 0 spiro atoms. The van der Waals surface area contributed by atoms with E-state index in [1.807, 2.05) is 13.2 Å². The van der Waals surface area contributed by atoms with Crippen molar-refractivity contribution in [3.05, 3.63) is 29.8 Å². The Kier molecular flexibility index (Phi) is 2.81. The van der Waals surface area contributed by atoms with Crippen LogP contribution in [0.4, 0.5) is 0 Å². The molecule has 4 nitrogen and oxygen atoms in total. The van der Waals surface area contributed by atoms with Crippen molar-refractivity contribution in [3.8, 4) is 0 Å². The van der Waals surface area contributed by atoms with Crippen molar-refractivity contribution in [2.75, 3.05) is 0 Å². The standard InChI is InChI=1S/C13H18N2O2/c1-13(2,3)12-10(8-15(4)14-12)11-7-9(16)5-6-17-11/h5-6,8,11H,7H2,1-4H3. The molecule has 1 unspecified atom stereocenters. The zero-order valence-corrected chi connectivity index (χ0v) is 10.7. The van der Waals surface area contributed by atoms with Crippen LogP contribution in [0.3, 0.4) is 0 Å². The highest BCUT2D eigenvalue weighted by Crippen LogP contribution is 2.33. The van der Waals surface area contributed by atoms with Gasteiger partial charge < -0.3 is 4.74 Å². The van der Waals surface area contributed by atoms with Gasteiger partial charge in [-0.15, -0.1) is 0 Å². The Morgan fingerprint density at radius 1 is 1.47 bits per heavy atom. The van der Waals surface area contributed by atoms with Crippen molar-refractivity contribution in [1.82, 2.24) is 9.78 Å². The van der Waals surface area contributed by atoms with E-state index in [4.69, 9.17) is 4.74 Å². The lowest BCUT2D eigenvalue weighted by Gasteiger charge is -2.23. The fourth-order valence-corrected chi connectivity index (χ4v) is 2.02. The second kappa shape index (κ2) is 4.02. The molecule has 1 aromatic heterocycles. The maximum atomic E-state index is 11.4. The van der Waals surface area contributed by atoms with Crippen LogP contribution in [-0.2, 0) is 22.0 Å². The second-order valence-corrected chi connectivity index (χ2v) is 5.45. The number of rotatable bonds is 1. The van der Waals surface area contributed by atoms with E-state index in [1.165, 1.54) is 12.3 Å². The van der Waals surface area contributed by atoms with Crippen molar-refractivity contribution < 1.29 is 9.53 Å². The number of aromatic nitrogens is 2. The summed E-state index contributed by atoms with van der Waals surface area (Å²) in [7, 11) is 1.89. The van der Waals surface area contributed by atoms with E-state index >= 15 is 0 Å². The topological polar surface area (TPSA) is 44.1 Å². The largest absolute Gasteiger partial charge is 0.493 e. The molecular weight excluding hydrogens is 216 g/mol. The molecule has 0 bridgehead atoms. The third-order valence-electron chi connectivity index (χ3n) is 2.80. The second-order valence-electron chi connectivity index (χ2n) is 5.45. The van der Waals surface area contributed by atoms with Crippen molar-refractivity contribution in [1.29, 1.82) is 0 Å². The van der Waals surface area contributed by atoms with Crippen molar-refractivity contribution in [2.24, 2.45) is 7.05 Å². The predicted octanol–water partition coefficient (Wildman–Crippen LogP) is 2.26. The normalized spacial score (nSPS) is 20.5. The molecule has 4 heteroatoms. The average molecular weight is 234 g/mol. The van der Waals surface area contributed by atoms with Crippen LogP contribution in [0.1, 0.15) is 44.6 Å². The van der Waals surface area contributed by atoms with E-state index in [0.29, 0.717) is 6.42 Å². The molecular formula is C13H18N2O2. The first kappa shape index (κ1) is 11.9. The number of carbonyl (C=O) groups excluding carboxylic acids is 1. The molecule has 0 N–H and O–H groups in total. The Morgan fingerprint density at radius 2 is 2.18 bits per heavy atom. The summed E-state index contributed by atoms with van der Waals surface area (Å²) < 4.78 is 7.31. The molecule has 0 aromatic carbocycles. The summed E-state index contributed by atoms with van der Waals surface area (Å²) in [5, 5.41) is 4.48. The Hall–Kier alpha value is -1.58. The summed E-state index contributed by atoms with van der Waals surface area (Å²) >= 11 is 0. The first-order valence-corrected chi connectivity index (χ1v) is 5.77. The lowest BCUT2D eigenvalue weighted by molar-refractivity contribution is -0.118. The molecule has 92 valence electrons. The molecule has 17 heavy (non-hydrogen) atoms. The first-order valence-electron chi connectivity index (χ1n) is 5.77. The Labute approximate surface area is 101 Å². The lowest BCUT2D eigenvalue weighted by atomic mass is 9.87. The molecule has 0 aliphatic carbocycles. The molecule has 1 aliphatic heterocycles. The Balaban J connectivity index is 2.38. The van der Waals surface area contributed by atoms with Crippen LogP contribution in [0.25, 0.3) is 0 Å². The molecule has 0 saturated carbocycles. The van der Waals surface area contributed by atoms with E-state index in [2.05, 4.69) is 25.9 Å². The zero-order valence-electron chi connectivity index (χ0n) is 10.7. The van der Waals surface area contributed by atoms with Crippen LogP contribution in [0.5, 0.6) is 0 Å². The predicted molar refractivity (Wildman–Crippen MR) is 64.5 cm³/mol. The molecule has 1 aromatic rings. The minimum atomic E-state index is -0.199. The number of ether oxygens (including phenoxy) is 1. The zero-order chi connectivity index (χ0) is 12.6. The fourth-order valence-electron chi connectivity index (χ4n) is 2.02. The minimum absolute atomic E-state index is 0.0514. The van der Waals surface area contributed by atoms with Crippen molar-refractivity contribution >= 4 is 5.78 Å². The van der Waals surface area contributed by atoms with Gasteiger partial charge in [0.05, 0.1) is 18.4 Å². The van der Waals surface area contributed by atoms with Gasteiger partial charge in [-0.05, 0) is 0 Å². The highest BCUT2D eigenvalue weighted by molar-refractivity contribution is 5.90. The van der Waals surface area contributed by atoms with E-state index in [9.17, 15) is 4.79 Å². The Morgan fingerprint density at radius 3 is 2.76 bits per heavy atom. The van der Waals surface area contributed by atoms with E-state index < -0.39 is 0 Å². The first-order chi connectivity index (χ1) is 7.88. The van der Waals surface area contributed by atoms with Crippen LogP contribution in [0.2, 0.25) is 0 Å². The van der Waals surface area contributed by atoms with Gasteiger partial charge in [0, 0.05) is 30.3 Å². The van der Waals surface area contributed by atoms with Gasteiger partial charge in [0.2, 0.25) is 0 Å². The van der Waals surface area contributed by atoms with Gasteiger partial charge in [-0.2, -0.15) is 5.10 Å². The molecule has 0 fully saturated rings. The summed E-state index contributed by atoms with van der Waals surface area (Å²) in [6, 6.07) is 0. The quantitative estimate of drug-likeness (QED) is 0.748. The number of allylic oxidation sites excluding steroid dienone is 1. The summed E-state index contributed by atoms with van der Waals surface area (Å²) in [5.74, 6) is 0.102. The number of aryl methyl sites for hydroxylation is 1. The van der Waals surface area contributed by atoms with Crippen LogP contribution >= 0.6 is 0 Å². The third kappa shape index (κ3) is 2.40. The fraction of sp³-hybridized carbons (Fsp3) is 0.538. The highest BCUT2D eigenvalue weighted by atomic mass is 16.5. The molecule has 2 heterocycles. The van der Waals surface area contributed by atoms with Crippen LogP contribution in [0.15, 0.2) is 18.5 Å². The van der Waals surface area contributed by atoms with Gasteiger partial charge in [-0.1, -0.05) is 20.8 Å². The maximum absolute atomic E-state index is 11.4. The summed E-state index contributed by atoms with van der Waals surface area (Å²) in [5.41, 5.74) is 1.95. The molecule has 1 atom stereocenters. The third-order valence-corrected chi connectivity index (χ3v) is 2.80. The molecule has 0 saturated heterocycles. The van der Waals surface area contributed by atoms with Crippen LogP contribution < -0.4 is 0 Å². The van der Waals surface area contributed by atoms with E-state index in [1.54, 1.807) is 4.68 Å². The summed E-state index contributed by atoms with van der Waals surface area (Å²) in [4.78, 5) is 11.4. The Bertz CT molecular complexity index is 466. The summed E-state index contributed by atoms with van der Waals surface area (Å²) in [6.45, 7) is 6.33. The van der Waals surface area contributed by atoms with Gasteiger partial charge in [-0.3, -0.25) is 9.48 Å². The lowest BCUT2D eigenvalue weighted by Crippen LogP contribution is -2.19. The smallest absolute Gasteiger partial charge is 0.162 e. The van der Waals surface area contributed by atoms with Gasteiger partial charge in [0.25, 0.3) is 0 Å². The van der Waals surface area contributed by atoms with Crippen molar-refractivity contribution in [2.45, 2.75) is 38.7 Å². The number of hydrogen-bond acceptors (Lipinski definition) is 3. The number of ketones is 1. The van der Waals surface area contributed by atoms with E-state index in [-0.39, 0.29) is 17.3 Å². The average Bonchev–Trinajstić information content (AvgIpc) is 2.60. The monoisotopic (exact) mass is 234 g/mol. The van der Waals surface area contributed by atoms with E-state index in [0.717, 1.165) is 11.3 Å². The maximum Gasteiger partial charge on any atom is 0.162 e.